The van der Waals surface area contributed by atoms with Gasteiger partial charge in [0.15, 0.2) is 0 Å². The molecule has 0 saturated carbocycles. The number of benzene rings is 1. The van der Waals surface area contributed by atoms with E-state index in [1.54, 1.807) is 17.0 Å². The summed E-state index contributed by atoms with van der Waals surface area (Å²) in [4.78, 5) is 26.3. The number of Topliss-reactive ketones (excluding diaryl/α,β-unsaturated/α-hetero) is 1. The van der Waals surface area contributed by atoms with Crippen LogP contribution < -0.4 is 0 Å². The van der Waals surface area contributed by atoms with E-state index < -0.39 is 11.7 Å². The fraction of sp³-hybridized carbons (Fsp3) is 0.500. The molecule has 0 radical (unpaired) electrons. The minimum absolute atomic E-state index is 0.00403. The molecule has 1 aromatic carbocycles. The van der Waals surface area contributed by atoms with Crippen molar-refractivity contribution in [1.82, 2.24) is 4.90 Å². The molecule has 1 amide bonds. The van der Waals surface area contributed by atoms with Crippen LogP contribution in [0.2, 0.25) is 0 Å². The molecule has 1 aliphatic heterocycles. The highest BCUT2D eigenvalue weighted by Crippen LogP contribution is 2.20. The van der Waals surface area contributed by atoms with Crippen molar-refractivity contribution >= 4 is 11.7 Å². The molecule has 0 aromatic heterocycles. The van der Waals surface area contributed by atoms with E-state index in [1.807, 2.05) is 19.1 Å². The Morgan fingerprint density at radius 3 is 2.60 bits per heavy atom. The van der Waals surface area contributed by atoms with Gasteiger partial charge >= 0.3 is 0 Å². The summed E-state index contributed by atoms with van der Waals surface area (Å²) in [5.41, 5.74) is 1.50. The van der Waals surface area contributed by atoms with Gasteiger partial charge in [-0.2, -0.15) is 0 Å². The Hall–Kier alpha value is -1.68. The smallest absolute Gasteiger partial charge is 0.295 e. The second kappa shape index (κ2) is 6.66. The highest BCUT2D eigenvalue weighted by atomic mass is 16.3. The quantitative estimate of drug-likeness (QED) is 0.675. The maximum absolute atomic E-state index is 12.4. The largest absolute Gasteiger partial charge is 0.396 e. The lowest BCUT2D eigenvalue weighted by Gasteiger charge is -2.35. The summed E-state index contributed by atoms with van der Waals surface area (Å²) >= 11 is 0. The number of likely N-dealkylation sites (tertiary alicyclic amines) is 1. The average Bonchev–Trinajstić information content (AvgIpc) is 2.47. The predicted octanol–water partition coefficient (Wildman–Crippen LogP) is 1.94. The molecule has 1 aliphatic rings. The van der Waals surface area contributed by atoms with Crippen LogP contribution in [0.1, 0.15) is 41.6 Å². The van der Waals surface area contributed by atoms with Crippen LogP contribution in [0, 0.1) is 6.92 Å². The standard InChI is InChI=1S/C16H21NO3/c1-12-5-7-13(8-6-12)15(19)16(20)17-10-3-2-4-14(17)9-11-18/h5-8,14,18H,2-4,9-11H2,1H3. The first kappa shape index (κ1) is 14.7. The fourth-order valence-electron chi connectivity index (χ4n) is 2.68. The Morgan fingerprint density at radius 2 is 1.95 bits per heavy atom. The van der Waals surface area contributed by atoms with Gasteiger partial charge in [0.25, 0.3) is 5.91 Å². The lowest BCUT2D eigenvalue weighted by molar-refractivity contribution is -0.130. The van der Waals surface area contributed by atoms with E-state index in [-0.39, 0.29) is 12.6 Å². The molecule has 1 N–H and O–H groups in total. The molecular formula is C16H21NO3. The number of aliphatic hydroxyl groups excluding tert-OH is 1. The summed E-state index contributed by atoms with van der Waals surface area (Å²) in [6.45, 7) is 2.60. The van der Waals surface area contributed by atoms with Crippen molar-refractivity contribution in [3.05, 3.63) is 35.4 Å². The van der Waals surface area contributed by atoms with E-state index in [2.05, 4.69) is 0 Å². The first-order valence-corrected chi connectivity index (χ1v) is 7.16. The minimum atomic E-state index is -0.449. The zero-order valence-corrected chi connectivity index (χ0v) is 11.8. The Morgan fingerprint density at radius 1 is 1.25 bits per heavy atom. The zero-order valence-electron chi connectivity index (χ0n) is 11.8. The molecule has 2 rings (SSSR count). The minimum Gasteiger partial charge on any atom is -0.396 e. The third-order valence-electron chi connectivity index (χ3n) is 3.86. The molecular weight excluding hydrogens is 254 g/mol. The first-order chi connectivity index (χ1) is 9.63. The molecule has 0 bridgehead atoms. The molecule has 1 aromatic rings. The predicted molar refractivity (Wildman–Crippen MR) is 76.6 cm³/mol. The number of piperidine rings is 1. The van der Waals surface area contributed by atoms with Crippen LogP contribution in [0.25, 0.3) is 0 Å². The van der Waals surface area contributed by atoms with Crippen LogP contribution >= 0.6 is 0 Å². The lowest BCUT2D eigenvalue weighted by Crippen LogP contribution is -2.47. The normalized spacial score (nSPS) is 18.9. The molecule has 108 valence electrons. The van der Waals surface area contributed by atoms with Gasteiger partial charge < -0.3 is 10.0 Å². The van der Waals surface area contributed by atoms with Crippen molar-refractivity contribution in [2.45, 2.75) is 38.6 Å². The maximum atomic E-state index is 12.4. The van der Waals surface area contributed by atoms with Crippen molar-refractivity contribution < 1.29 is 14.7 Å². The Bertz CT molecular complexity index is 479. The van der Waals surface area contributed by atoms with E-state index in [1.165, 1.54) is 0 Å². The van der Waals surface area contributed by atoms with E-state index in [0.717, 1.165) is 24.8 Å². The summed E-state index contributed by atoms with van der Waals surface area (Å²) in [6, 6.07) is 7.06. The van der Waals surface area contributed by atoms with Crippen molar-refractivity contribution in [1.29, 1.82) is 0 Å². The number of nitrogens with zero attached hydrogens (tertiary/aromatic N) is 1. The van der Waals surface area contributed by atoms with Gasteiger partial charge in [-0.15, -0.1) is 0 Å². The van der Waals surface area contributed by atoms with Gasteiger partial charge in [-0.1, -0.05) is 29.8 Å². The van der Waals surface area contributed by atoms with Crippen LogP contribution in [0.15, 0.2) is 24.3 Å². The average molecular weight is 275 g/mol. The molecule has 1 saturated heterocycles. The van der Waals surface area contributed by atoms with Crippen LogP contribution in [0.4, 0.5) is 0 Å². The molecule has 20 heavy (non-hydrogen) atoms. The summed E-state index contributed by atoms with van der Waals surface area (Å²) in [5, 5.41) is 9.08. The number of carbonyl (C=O) groups is 2. The van der Waals surface area contributed by atoms with E-state index in [9.17, 15) is 9.59 Å². The van der Waals surface area contributed by atoms with E-state index in [4.69, 9.17) is 5.11 Å². The van der Waals surface area contributed by atoms with Gasteiger partial charge in [0.2, 0.25) is 5.78 Å². The van der Waals surface area contributed by atoms with Gasteiger partial charge in [0.1, 0.15) is 0 Å². The molecule has 1 fully saturated rings. The fourth-order valence-corrected chi connectivity index (χ4v) is 2.68. The number of carbonyl (C=O) groups excluding carboxylic acids is 2. The highest BCUT2D eigenvalue weighted by molar-refractivity contribution is 6.42. The number of ketones is 1. The topological polar surface area (TPSA) is 57.6 Å². The third-order valence-corrected chi connectivity index (χ3v) is 3.86. The monoisotopic (exact) mass is 275 g/mol. The maximum Gasteiger partial charge on any atom is 0.295 e. The first-order valence-electron chi connectivity index (χ1n) is 7.16. The summed E-state index contributed by atoms with van der Waals surface area (Å²) in [6.07, 6.45) is 3.39. The molecule has 4 heteroatoms. The van der Waals surface area contributed by atoms with Gasteiger partial charge in [-0.05, 0) is 32.6 Å². The molecule has 1 unspecified atom stereocenters. The zero-order chi connectivity index (χ0) is 14.5. The highest BCUT2D eigenvalue weighted by Gasteiger charge is 2.30. The Labute approximate surface area is 119 Å². The molecule has 1 atom stereocenters. The number of aliphatic hydroxyl groups is 1. The summed E-state index contributed by atoms with van der Waals surface area (Å²) < 4.78 is 0. The van der Waals surface area contributed by atoms with Crippen molar-refractivity contribution in [2.75, 3.05) is 13.2 Å². The summed E-state index contributed by atoms with van der Waals surface area (Å²) in [7, 11) is 0. The molecule has 4 nitrogen and oxygen atoms in total. The number of hydrogen-bond donors (Lipinski definition) is 1. The molecule has 0 spiro atoms. The van der Waals surface area contributed by atoms with Crippen LogP contribution in [0.3, 0.4) is 0 Å². The van der Waals surface area contributed by atoms with Crippen LogP contribution in [0.5, 0.6) is 0 Å². The van der Waals surface area contributed by atoms with Gasteiger partial charge in [0.05, 0.1) is 0 Å². The second-order valence-corrected chi connectivity index (χ2v) is 5.36. The number of aryl methyl sites for hydroxylation is 1. The van der Waals surface area contributed by atoms with Crippen molar-refractivity contribution in [3.63, 3.8) is 0 Å². The molecule has 0 aliphatic carbocycles. The Kier molecular flexibility index (Phi) is 4.90. The van der Waals surface area contributed by atoms with Gasteiger partial charge in [-0.3, -0.25) is 9.59 Å². The summed E-state index contributed by atoms with van der Waals surface area (Å²) in [5.74, 6) is -0.887. The number of rotatable bonds is 4. The van der Waals surface area contributed by atoms with Crippen molar-refractivity contribution in [3.8, 4) is 0 Å². The van der Waals surface area contributed by atoms with Gasteiger partial charge in [0, 0.05) is 24.8 Å². The Balaban J connectivity index is 2.12. The number of hydrogen-bond acceptors (Lipinski definition) is 3. The second-order valence-electron chi connectivity index (χ2n) is 5.36. The lowest BCUT2D eigenvalue weighted by atomic mass is 9.98. The van der Waals surface area contributed by atoms with Gasteiger partial charge in [-0.25, -0.2) is 0 Å². The van der Waals surface area contributed by atoms with E-state index >= 15 is 0 Å². The molecule has 1 heterocycles. The number of amides is 1. The van der Waals surface area contributed by atoms with E-state index in [0.29, 0.717) is 18.5 Å². The SMILES string of the molecule is Cc1ccc(C(=O)C(=O)N2CCCCC2CCO)cc1. The van der Waals surface area contributed by atoms with Crippen molar-refractivity contribution in [2.24, 2.45) is 0 Å². The van der Waals surface area contributed by atoms with Crippen LogP contribution in [-0.4, -0.2) is 40.9 Å². The van der Waals surface area contributed by atoms with Crippen LogP contribution in [-0.2, 0) is 4.79 Å². The third kappa shape index (κ3) is 3.25.